The topological polar surface area (TPSA) is 47.7 Å². The molecule has 0 aliphatic heterocycles. The number of nitrogens with zero attached hydrogens (tertiary/aromatic N) is 1. The summed E-state index contributed by atoms with van der Waals surface area (Å²) in [6.07, 6.45) is 1.01. The van der Waals surface area contributed by atoms with Crippen molar-refractivity contribution in [3.8, 4) is 11.5 Å². The number of benzene rings is 1. The lowest BCUT2D eigenvalue weighted by Gasteiger charge is -2.20. The van der Waals surface area contributed by atoms with E-state index < -0.39 is 0 Å². The Labute approximate surface area is 110 Å². The molecule has 0 saturated carbocycles. The molecule has 0 fully saturated rings. The molecule has 102 valence electrons. The maximum absolute atomic E-state index is 5.52. The largest absolute Gasteiger partial charge is 0.496 e. The standard InChI is InChI=1S/C14H24N2O2/c1-11-13(17-3)7-6-12(14(11)18-4)10-16(2)9-5-8-15/h6-7H,5,8-10,15H2,1-4H3. The van der Waals surface area contributed by atoms with Gasteiger partial charge in [-0.05, 0) is 39.5 Å². The molecule has 0 bridgehead atoms. The van der Waals surface area contributed by atoms with Crippen molar-refractivity contribution >= 4 is 0 Å². The van der Waals surface area contributed by atoms with E-state index in [0.717, 1.165) is 43.1 Å². The lowest BCUT2D eigenvalue weighted by molar-refractivity contribution is 0.313. The van der Waals surface area contributed by atoms with E-state index in [9.17, 15) is 0 Å². The predicted molar refractivity (Wildman–Crippen MR) is 74.3 cm³/mol. The van der Waals surface area contributed by atoms with Gasteiger partial charge < -0.3 is 20.1 Å². The summed E-state index contributed by atoms with van der Waals surface area (Å²) in [5.41, 5.74) is 7.74. The van der Waals surface area contributed by atoms with E-state index in [2.05, 4.69) is 18.0 Å². The zero-order valence-electron chi connectivity index (χ0n) is 11.8. The van der Waals surface area contributed by atoms with Crippen molar-refractivity contribution in [2.45, 2.75) is 19.9 Å². The van der Waals surface area contributed by atoms with Crippen LogP contribution >= 0.6 is 0 Å². The summed E-state index contributed by atoms with van der Waals surface area (Å²) in [6, 6.07) is 4.05. The monoisotopic (exact) mass is 252 g/mol. The van der Waals surface area contributed by atoms with Gasteiger partial charge >= 0.3 is 0 Å². The third-order valence-electron chi connectivity index (χ3n) is 3.05. The van der Waals surface area contributed by atoms with Gasteiger partial charge in [0.25, 0.3) is 0 Å². The lowest BCUT2D eigenvalue weighted by atomic mass is 10.1. The van der Waals surface area contributed by atoms with Crippen LogP contribution in [-0.4, -0.2) is 39.3 Å². The summed E-state index contributed by atoms with van der Waals surface area (Å²) in [6.45, 7) is 4.59. The molecule has 0 aromatic heterocycles. The Morgan fingerprint density at radius 1 is 1.22 bits per heavy atom. The molecule has 1 rings (SSSR count). The van der Waals surface area contributed by atoms with E-state index >= 15 is 0 Å². The Balaban J connectivity index is 2.85. The summed E-state index contributed by atoms with van der Waals surface area (Å²) in [5.74, 6) is 1.77. The Morgan fingerprint density at radius 2 is 1.94 bits per heavy atom. The SMILES string of the molecule is COc1ccc(CN(C)CCCN)c(OC)c1C. The normalized spacial score (nSPS) is 10.8. The van der Waals surface area contributed by atoms with Gasteiger partial charge in [-0.3, -0.25) is 0 Å². The van der Waals surface area contributed by atoms with Crippen LogP contribution in [0.5, 0.6) is 11.5 Å². The van der Waals surface area contributed by atoms with Crippen molar-refractivity contribution in [3.05, 3.63) is 23.3 Å². The summed E-state index contributed by atoms with van der Waals surface area (Å²) in [5, 5.41) is 0. The molecule has 0 saturated heterocycles. The fourth-order valence-corrected chi connectivity index (χ4v) is 2.09. The maximum atomic E-state index is 5.52. The fourth-order valence-electron chi connectivity index (χ4n) is 2.09. The number of rotatable bonds is 7. The van der Waals surface area contributed by atoms with E-state index in [1.165, 1.54) is 5.56 Å². The van der Waals surface area contributed by atoms with Gasteiger partial charge in [0, 0.05) is 17.7 Å². The van der Waals surface area contributed by atoms with Crippen LogP contribution in [0.2, 0.25) is 0 Å². The van der Waals surface area contributed by atoms with Crippen LogP contribution < -0.4 is 15.2 Å². The third kappa shape index (κ3) is 3.62. The van der Waals surface area contributed by atoms with Crippen LogP contribution in [0.15, 0.2) is 12.1 Å². The predicted octanol–water partition coefficient (Wildman–Crippen LogP) is 1.79. The molecule has 0 spiro atoms. The average molecular weight is 252 g/mol. The van der Waals surface area contributed by atoms with Crippen molar-refractivity contribution in [3.63, 3.8) is 0 Å². The summed E-state index contributed by atoms with van der Waals surface area (Å²) in [4.78, 5) is 2.25. The zero-order chi connectivity index (χ0) is 13.5. The molecular formula is C14H24N2O2. The number of nitrogens with two attached hydrogens (primary N) is 1. The molecule has 1 aromatic rings. The molecule has 1 aromatic carbocycles. The fraction of sp³-hybridized carbons (Fsp3) is 0.571. The van der Waals surface area contributed by atoms with E-state index in [0.29, 0.717) is 0 Å². The number of ether oxygens (including phenoxy) is 2. The van der Waals surface area contributed by atoms with Crippen LogP contribution in [0.4, 0.5) is 0 Å². The van der Waals surface area contributed by atoms with E-state index in [1.54, 1.807) is 14.2 Å². The molecule has 4 heteroatoms. The highest BCUT2D eigenvalue weighted by Gasteiger charge is 2.12. The molecule has 0 radical (unpaired) electrons. The third-order valence-corrected chi connectivity index (χ3v) is 3.05. The van der Waals surface area contributed by atoms with Gasteiger partial charge in [-0.1, -0.05) is 6.07 Å². The van der Waals surface area contributed by atoms with Crippen LogP contribution in [-0.2, 0) is 6.54 Å². The molecular weight excluding hydrogens is 228 g/mol. The first-order valence-electron chi connectivity index (χ1n) is 6.23. The first-order chi connectivity index (χ1) is 8.63. The van der Waals surface area contributed by atoms with Crippen molar-refractivity contribution in [1.82, 2.24) is 4.90 Å². The average Bonchev–Trinajstić information content (AvgIpc) is 2.37. The van der Waals surface area contributed by atoms with E-state index in [-0.39, 0.29) is 0 Å². The van der Waals surface area contributed by atoms with Crippen molar-refractivity contribution in [2.24, 2.45) is 5.73 Å². The Morgan fingerprint density at radius 3 is 2.50 bits per heavy atom. The van der Waals surface area contributed by atoms with Crippen LogP contribution in [0, 0.1) is 6.92 Å². The Bertz CT molecular complexity index is 380. The van der Waals surface area contributed by atoms with Gasteiger partial charge in [0.1, 0.15) is 11.5 Å². The summed E-state index contributed by atoms with van der Waals surface area (Å²) in [7, 11) is 5.47. The second-order valence-electron chi connectivity index (χ2n) is 4.47. The summed E-state index contributed by atoms with van der Waals surface area (Å²) >= 11 is 0. The molecule has 0 aliphatic carbocycles. The molecule has 0 unspecified atom stereocenters. The van der Waals surface area contributed by atoms with E-state index in [1.807, 2.05) is 13.0 Å². The molecule has 18 heavy (non-hydrogen) atoms. The molecule has 0 heterocycles. The Kier molecular flexibility index (Phi) is 5.95. The van der Waals surface area contributed by atoms with Crippen LogP contribution in [0.1, 0.15) is 17.5 Å². The number of hydrogen-bond acceptors (Lipinski definition) is 4. The highest BCUT2D eigenvalue weighted by Crippen LogP contribution is 2.31. The van der Waals surface area contributed by atoms with Crippen LogP contribution in [0.3, 0.4) is 0 Å². The first-order valence-corrected chi connectivity index (χ1v) is 6.23. The van der Waals surface area contributed by atoms with Gasteiger partial charge in [-0.2, -0.15) is 0 Å². The van der Waals surface area contributed by atoms with Gasteiger partial charge in [0.15, 0.2) is 0 Å². The van der Waals surface area contributed by atoms with Crippen molar-refractivity contribution < 1.29 is 9.47 Å². The molecule has 0 aliphatic rings. The minimum atomic E-state index is 0.725. The zero-order valence-corrected chi connectivity index (χ0v) is 11.8. The highest BCUT2D eigenvalue weighted by atomic mass is 16.5. The minimum Gasteiger partial charge on any atom is -0.496 e. The van der Waals surface area contributed by atoms with Gasteiger partial charge in [0.05, 0.1) is 14.2 Å². The second-order valence-corrected chi connectivity index (χ2v) is 4.47. The molecule has 0 amide bonds. The molecule has 4 nitrogen and oxygen atoms in total. The smallest absolute Gasteiger partial charge is 0.129 e. The maximum Gasteiger partial charge on any atom is 0.129 e. The molecule has 0 atom stereocenters. The molecule has 2 N–H and O–H groups in total. The second kappa shape index (κ2) is 7.24. The quantitative estimate of drug-likeness (QED) is 0.804. The number of hydrogen-bond donors (Lipinski definition) is 1. The van der Waals surface area contributed by atoms with Gasteiger partial charge in [-0.25, -0.2) is 0 Å². The minimum absolute atomic E-state index is 0.725. The Hall–Kier alpha value is -1.26. The first kappa shape index (κ1) is 14.8. The highest BCUT2D eigenvalue weighted by molar-refractivity contribution is 5.49. The lowest BCUT2D eigenvalue weighted by Crippen LogP contribution is -2.21. The summed E-state index contributed by atoms with van der Waals surface area (Å²) < 4.78 is 10.8. The van der Waals surface area contributed by atoms with Crippen molar-refractivity contribution in [2.75, 3.05) is 34.4 Å². The van der Waals surface area contributed by atoms with Crippen molar-refractivity contribution in [1.29, 1.82) is 0 Å². The van der Waals surface area contributed by atoms with Gasteiger partial charge in [0.2, 0.25) is 0 Å². The van der Waals surface area contributed by atoms with E-state index in [4.69, 9.17) is 15.2 Å². The number of methoxy groups -OCH3 is 2. The van der Waals surface area contributed by atoms with Gasteiger partial charge in [-0.15, -0.1) is 0 Å². The van der Waals surface area contributed by atoms with Crippen LogP contribution in [0.25, 0.3) is 0 Å².